The van der Waals surface area contributed by atoms with Crippen molar-refractivity contribution in [2.45, 2.75) is 16.8 Å². The summed E-state index contributed by atoms with van der Waals surface area (Å²) < 4.78 is 37.6. The van der Waals surface area contributed by atoms with Gasteiger partial charge in [0.1, 0.15) is 5.75 Å². The molecule has 3 aromatic carbocycles. The summed E-state index contributed by atoms with van der Waals surface area (Å²) in [6.45, 7) is 1.97. The lowest BCUT2D eigenvalue weighted by Gasteiger charge is -2.07. The topological polar surface area (TPSA) is 81.4 Å². The first-order valence-electron chi connectivity index (χ1n) is 9.26. The molecule has 0 radical (unpaired) electrons. The fourth-order valence-electron chi connectivity index (χ4n) is 2.90. The Hall–Kier alpha value is -3.58. The minimum Gasteiger partial charge on any atom is -0.497 e. The number of benzene rings is 3. The van der Waals surface area contributed by atoms with Gasteiger partial charge in [-0.3, -0.25) is 0 Å². The zero-order chi connectivity index (χ0) is 21.1. The van der Waals surface area contributed by atoms with Gasteiger partial charge in [0.25, 0.3) is 0 Å². The van der Waals surface area contributed by atoms with Gasteiger partial charge < -0.3 is 14.5 Å². The average Bonchev–Trinajstić information content (AvgIpc) is 3.20. The molecule has 0 unspecified atom stereocenters. The van der Waals surface area contributed by atoms with Crippen LogP contribution in [-0.4, -0.2) is 20.5 Å². The molecule has 6 nitrogen and oxygen atoms in total. The van der Waals surface area contributed by atoms with E-state index in [-0.39, 0.29) is 21.7 Å². The zero-order valence-corrected chi connectivity index (χ0v) is 17.3. The Balaban J connectivity index is 1.81. The van der Waals surface area contributed by atoms with Crippen molar-refractivity contribution in [1.29, 1.82) is 0 Å². The normalized spacial score (nSPS) is 11.3. The molecular formula is C23H20N2O4S. The molecule has 0 atom stereocenters. The van der Waals surface area contributed by atoms with Crippen molar-refractivity contribution in [3.8, 4) is 17.2 Å². The van der Waals surface area contributed by atoms with E-state index >= 15 is 0 Å². The summed E-state index contributed by atoms with van der Waals surface area (Å²) >= 11 is 0. The number of ether oxygens (including phenoxy) is 1. The quantitative estimate of drug-likeness (QED) is 0.460. The number of nitrogens with one attached hydrogen (secondary N) is 1. The Bertz CT molecular complexity index is 1250. The summed E-state index contributed by atoms with van der Waals surface area (Å²) in [6.07, 6.45) is 0. The monoisotopic (exact) mass is 420 g/mol. The zero-order valence-electron chi connectivity index (χ0n) is 16.5. The highest BCUT2D eigenvalue weighted by Gasteiger charge is 2.28. The van der Waals surface area contributed by atoms with Crippen LogP contribution in [0.15, 0.2) is 93.2 Å². The number of rotatable bonds is 6. The van der Waals surface area contributed by atoms with Gasteiger partial charge in [0, 0.05) is 11.3 Å². The summed E-state index contributed by atoms with van der Waals surface area (Å²) in [5.41, 5.74) is 2.42. The van der Waals surface area contributed by atoms with Crippen LogP contribution in [0.25, 0.3) is 11.5 Å². The summed E-state index contributed by atoms with van der Waals surface area (Å²) in [5, 5.41) is 2.87. The molecule has 7 heteroatoms. The lowest BCUT2D eigenvalue weighted by Crippen LogP contribution is -2.05. The number of hydrogen-bond acceptors (Lipinski definition) is 6. The Kier molecular flexibility index (Phi) is 5.29. The van der Waals surface area contributed by atoms with E-state index in [1.54, 1.807) is 49.6 Å². The van der Waals surface area contributed by atoms with Crippen molar-refractivity contribution in [1.82, 2.24) is 4.98 Å². The second kappa shape index (κ2) is 8.04. The van der Waals surface area contributed by atoms with E-state index in [1.807, 2.05) is 31.2 Å². The van der Waals surface area contributed by atoms with Crippen LogP contribution in [0.3, 0.4) is 0 Å². The molecule has 0 saturated carbocycles. The fraction of sp³-hybridized carbons (Fsp3) is 0.0870. The summed E-state index contributed by atoms with van der Waals surface area (Å²) in [5.74, 6) is 0.968. The van der Waals surface area contributed by atoms with Gasteiger partial charge in [0.05, 0.1) is 12.0 Å². The third-order valence-electron chi connectivity index (χ3n) is 4.55. The molecule has 0 aliphatic carbocycles. The van der Waals surface area contributed by atoms with Gasteiger partial charge in [-0.1, -0.05) is 35.9 Å². The first-order chi connectivity index (χ1) is 14.5. The minimum absolute atomic E-state index is 0.0552. The minimum atomic E-state index is -3.89. The van der Waals surface area contributed by atoms with Crippen LogP contribution in [0.5, 0.6) is 5.75 Å². The number of sulfone groups is 1. The number of methoxy groups -OCH3 is 1. The Morgan fingerprint density at radius 2 is 1.57 bits per heavy atom. The van der Waals surface area contributed by atoms with Crippen molar-refractivity contribution in [2.24, 2.45) is 0 Å². The van der Waals surface area contributed by atoms with Crippen LogP contribution in [0, 0.1) is 6.92 Å². The van der Waals surface area contributed by atoms with Crippen molar-refractivity contribution in [3.63, 3.8) is 0 Å². The van der Waals surface area contributed by atoms with E-state index in [1.165, 1.54) is 12.1 Å². The molecule has 0 bridgehead atoms. The van der Waals surface area contributed by atoms with Gasteiger partial charge >= 0.3 is 0 Å². The van der Waals surface area contributed by atoms with E-state index in [4.69, 9.17) is 9.15 Å². The van der Waals surface area contributed by atoms with Gasteiger partial charge in [0.2, 0.25) is 26.6 Å². The van der Waals surface area contributed by atoms with Gasteiger partial charge in [-0.25, -0.2) is 8.42 Å². The molecule has 1 N–H and O–H groups in total. The van der Waals surface area contributed by atoms with Crippen molar-refractivity contribution in [2.75, 3.05) is 12.4 Å². The average molecular weight is 420 g/mol. The van der Waals surface area contributed by atoms with Gasteiger partial charge in [0.15, 0.2) is 0 Å². The maximum atomic E-state index is 13.3. The molecule has 0 fully saturated rings. The van der Waals surface area contributed by atoms with Gasteiger partial charge in [-0.15, -0.1) is 0 Å². The highest BCUT2D eigenvalue weighted by molar-refractivity contribution is 7.91. The van der Waals surface area contributed by atoms with Crippen LogP contribution in [-0.2, 0) is 9.84 Å². The van der Waals surface area contributed by atoms with Crippen molar-refractivity contribution >= 4 is 21.4 Å². The van der Waals surface area contributed by atoms with Crippen LogP contribution in [0.1, 0.15) is 5.56 Å². The lowest BCUT2D eigenvalue weighted by molar-refractivity contribution is 0.415. The highest BCUT2D eigenvalue weighted by Crippen LogP contribution is 2.34. The largest absolute Gasteiger partial charge is 0.497 e. The molecule has 0 saturated heterocycles. The molecule has 1 heterocycles. The van der Waals surface area contributed by atoms with E-state index < -0.39 is 9.84 Å². The third-order valence-corrected chi connectivity index (χ3v) is 6.23. The number of aromatic nitrogens is 1. The van der Waals surface area contributed by atoms with E-state index in [2.05, 4.69) is 10.3 Å². The molecule has 0 aliphatic heterocycles. The molecule has 152 valence electrons. The number of nitrogens with zero attached hydrogens (tertiary/aromatic N) is 1. The molecule has 30 heavy (non-hydrogen) atoms. The van der Waals surface area contributed by atoms with Crippen LogP contribution >= 0.6 is 0 Å². The van der Waals surface area contributed by atoms with Crippen LogP contribution in [0.4, 0.5) is 11.6 Å². The smallest absolute Gasteiger partial charge is 0.238 e. The Morgan fingerprint density at radius 3 is 2.20 bits per heavy atom. The molecule has 4 aromatic rings. The number of anilines is 2. The Labute approximate surface area is 175 Å². The second-order valence-electron chi connectivity index (χ2n) is 6.69. The summed E-state index contributed by atoms with van der Waals surface area (Å²) in [4.78, 5) is 4.49. The number of aryl methyl sites for hydroxylation is 1. The number of hydrogen-bond donors (Lipinski definition) is 1. The molecule has 0 aliphatic rings. The SMILES string of the molecule is COc1ccc(Nc2oc(-c3ccc(C)cc3)nc2S(=O)(=O)c2ccccc2)cc1. The molecule has 0 spiro atoms. The van der Waals surface area contributed by atoms with Crippen LogP contribution < -0.4 is 10.1 Å². The predicted octanol–water partition coefficient (Wildman–Crippen LogP) is 5.24. The first kappa shape index (κ1) is 19.7. The molecular weight excluding hydrogens is 400 g/mol. The van der Waals surface area contributed by atoms with Gasteiger partial charge in [-0.2, -0.15) is 4.98 Å². The molecule has 1 aromatic heterocycles. The molecule has 4 rings (SSSR count). The van der Waals surface area contributed by atoms with E-state index in [0.717, 1.165) is 5.56 Å². The maximum absolute atomic E-state index is 13.3. The fourth-order valence-corrected chi connectivity index (χ4v) is 4.18. The highest BCUT2D eigenvalue weighted by atomic mass is 32.2. The standard InChI is InChI=1S/C23H20N2O4S/c1-16-8-10-17(11-9-16)21-25-23(30(26,27)20-6-4-3-5-7-20)22(29-21)24-18-12-14-19(28-2)15-13-18/h3-15,24H,1-2H3. The van der Waals surface area contributed by atoms with Gasteiger partial charge in [-0.05, 0) is 55.5 Å². The second-order valence-corrected chi connectivity index (χ2v) is 8.55. The lowest BCUT2D eigenvalue weighted by atomic mass is 10.1. The van der Waals surface area contributed by atoms with Crippen LogP contribution in [0.2, 0.25) is 0 Å². The maximum Gasteiger partial charge on any atom is 0.238 e. The summed E-state index contributed by atoms with van der Waals surface area (Å²) in [7, 11) is -2.31. The third kappa shape index (κ3) is 3.92. The summed E-state index contributed by atoms with van der Waals surface area (Å²) in [6, 6.07) is 22.8. The van der Waals surface area contributed by atoms with E-state index in [0.29, 0.717) is 17.0 Å². The van der Waals surface area contributed by atoms with Crippen molar-refractivity contribution in [3.05, 3.63) is 84.4 Å². The predicted molar refractivity (Wildman–Crippen MR) is 115 cm³/mol. The van der Waals surface area contributed by atoms with E-state index in [9.17, 15) is 8.42 Å². The molecule has 0 amide bonds. The van der Waals surface area contributed by atoms with Crippen molar-refractivity contribution < 1.29 is 17.6 Å². The first-order valence-corrected chi connectivity index (χ1v) is 10.7. The Morgan fingerprint density at radius 1 is 0.900 bits per heavy atom. The number of oxazole rings is 1.